The van der Waals surface area contributed by atoms with Gasteiger partial charge in [0.2, 0.25) is 0 Å². The summed E-state index contributed by atoms with van der Waals surface area (Å²) in [5.41, 5.74) is 0.910. The van der Waals surface area contributed by atoms with Gasteiger partial charge in [-0.2, -0.15) is 0 Å². The highest BCUT2D eigenvalue weighted by atomic mass is 35.5. The number of pyridine rings is 1. The topological polar surface area (TPSA) is 62.7 Å². The van der Waals surface area contributed by atoms with Crippen molar-refractivity contribution in [3.8, 4) is 0 Å². The fourth-order valence-corrected chi connectivity index (χ4v) is 5.71. The van der Waals surface area contributed by atoms with Crippen LogP contribution >= 0.6 is 11.6 Å². The summed E-state index contributed by atoms with van der Waals surface area (Å²) in [6, 6.07) is 11.2. The van der Waals surface area contributed by atoms with Crippen LogP contribution in [-0.2, 0) is 11.2 Å². The van der Waals surface area contributed by atoms with Gasteiger partial charge in [-0.05, 0) is 35.4 Å². The lowest BCUT2D eigenvalue weighted by Crippen LogP contribution is -2.74. The van der Waals surface area contributed by atoms with E-state index >= 15 is 0 Å². The number of rotatable bonds is 1. The average molecular weight is 403 g/mol. The molecule has 2 aromatic rings. The predicted molar refractivity (Wildman–Crippen MR) is 106 cm³/mol. The number of hydrogen-bond donors (Lipinski definition) is 0. The van der Waals surface area contributed by atoms with Crippen LogP contribution in [0.25, 0.3) is 0 Å². The van der Waals surface area contributed by atoms with E-state index in [-0.39, 0.29) is 11.4 Å². The van der Waals surface area contributed by atoms with E-state index in [9.17, 15) is 9.35 Å². The van der Waals surface area contributed by atoms with Gasteiger partial charge >= 0.3 is 6.03 Å². The smallest absolute Gasteiger partial charge is 0.324 e. The third-order valence-corrected chi connectivity index (χ3v) is 7.14. The van der Waals surface area contributed by atoms with E-state index in [2.05, 4.69) is 9.88 Å². The van der Waals surface area contributed by atoms with Gasteiger partial charge in [0.05, 0.1) is 6.54 Å². The van der Waals surface area contributed by atoms with Crippen molar-refractivity contribution in [2.75, 3.05) is 48.3 Å². The van der Waals surface area contributed by atoms with E-state index in [1.165, 1.54) is 0 Å². The molecule has 4 heterocycles. The quantitative estimate of drug-likeness (QED) is 0.688. The van der Waals surface area contributed by atoms with Gasteiger partial charge in [-0.15, -0.1) is 0 Å². The Balaban J connectivity index is 1.25. The predicted octanol–water partition coefficient (Wildman–Crippen LogP) is 2.60. The summed E-state index contributed by atoms with van der Waals surface area (Å²) in [4.78, 5) is 23.9. The standard InChI is InChI=1S/C19H19ClN4O2S/c20-14-4-5-15-16(9-14)27(26)8-7-24(15)18(25)23-12-19(13-23)10-22(11-19)17-3-1-2-6-21-17/h1-6,9H,7-8,10-13H2. The van der Waals surface area contributed by atoms with Crippen LogP contribution in [0.1, 0.15) is 0 Å². The molecule has 27 heavy (non-hydrogen) atoms. The number of hydrogen-bond acceptors (Lipinski definition) is 4. The first-order chi connectivity index (χ1) is 13.0. The van der Waals surface area contributed by atoms with E-state index < -0.39 is 11.2 Å². The first-order valence-corrected chi connectivity index (χ1v) is 10.6. The zero-order chi connectivity index (χ0) is 18.6. The Hall–Kier alpha value is -1.96. The average Bonchev–Trinajstić information content (AvgIpc) is 2.61. The number of aromatic nitrogens is 1. The zero-order valence-electron chi connectivity index (χ0n) is 14.7. The van der Waals surface area contributed by atoms with Crippen LogP contribution in [-0.4, -0.2) is 58.9 Å². The van der Waals surface area contributed by atoms with Gasteiger partial charge in [-0.1, -0.05) is 17.7 Å². The minimum absolute atomic E-state index is 0.00261. The Labute approximate surface area is 165 Å². The van der Waals surface area contributed by atoms with Crippen LogP contribution in [0.4, 0.5) is 16.3 Å². The molecule has 0 aliphatic carbocycles. The van der Waals surface area contributed by atoms with E-state index in [1.54, 1.807) is 29.3 Å². The second kappa shape index (κ2) is 6.29. The lowest BCUT2D eigenvalue weighted by atomic mass is 9.73. The first kappa shape index (κ1) is 17.2. The molecule has 6 nitrogen and oxygen atoms in total. The molecule has 8 heteroatoms. The minimum Gasteiger partial charge on any atom is -0.611 e. The van der Waals surface area contributed by atoms with Gasteiger partial charge in [-0.25, -0.2) is 9.78 Å². The lowest BCUT2D eigenvalue weighted by Gasteiger charge is -2.60. The van der Waals surface area contributed by atoms with E-state index in [4.69, 9.17) is 11.6 Å². The van der Waals surface area contributed by atoms with Crippen LogP contribution in [0.2, 0.25) is 5.02 Å². The number of nitrogens with zero attached hydrogens (tertiary/aromatic N) is 4. The Morgan fingerprint density at radius 2 is 2.00 bits per heavy atom. The normalized spacial score (nSPS) is 22.9. The number of amides is 2. The molecule has 1 atom stereocenters. The van der Waals surface area contributed by atoms with Gasteiger partial charge in [0.15, 0.2) is 4.90 Å². The molecule has 140 valence electrons. The second-order valence-corrected chi connectivity index (χ2v) is 9.47. The molecule has 5 rings (SSSR count). The molecule has 0 N–H and O–H groups in total. The Morgan fingerprint density at radius 3 is 2.74 bits per heavy atom. The molecular weight excluding hydrogens is 384 g/mol. The summed E-state index contributed by atoms with van der Waals surface area (Å²) < 4.78 is 12.3. The van der Waals surface area contributed by atoms with E-state index in [1.807, 2.05) is 23.1 Å². The summed E-state index contributed by atoms with van der Waals surface area (Å²) >= 11 is 4.94. The minimum atomic E-state index is -1.10. The van der Waals surface area contributed by atoms with E-state index in [0.29, 0.717) is 22.2 Å². The SMILES string of the molecule is O=C(N1CC2(C1)CN(c1ccccn1)C2)N1CC[S+]([O-])c2cc(Cl)ccc21. The number of carbonyl (C=O) groups is 1. The summed E-state index contributed by atoms with van der Waals surface area (Å²) in [5.74, 6) is 1.45. The van der Waals surface area contributed by atoms with Crippen LogP contribution < -0.4 is 9.80 Å². The third-order valence-electron chi connectivity index (χ3n) is 5.54. The number of halogens is 1. The molecule has 0 bridgehead atoms. The Bertz CT molecular complexity index is 883. The molecule has 3 aliphatic rings. The first-order valence-electron chi connectivity index (χ1n) is 8.95. The van der Waals surface area contributed by atoms with Crippen molar-refractivity contribution >= 4 is 40.3 Å². The number of carbonyl (C=O) groups excluding carboxylic acids is 1. The van der Waals surface area contributed by atoms with Crippen molar-refractivity contribution in [1.29, 1.82) is 0 Å². The molecule has 1 spiro atoms. The van der Waals surface area contributed by atoms with Crippen molar-refractivity contribution in [3.05, 3.63) is 47.6 Å². The number of likely N-dealkylation sites (tertiary alicyclic amines) is 1. The summed E-state index contributed by atoms with van der Waals surface area (Å²) in [6.45, 7) is 3.87. The van der Waals surface area contributed by atoms with Gasteiger partial charge in [0.25, 0.3) is 0 Å². The molecule has 0 saturated carbocycles. The van der Waals surface area contributed by atoms with Crippen LogP contribution in [0.3, 0.4) is 0 Å². The van der Waals surface area contributed by atoms with Gasteiger partial charge in [-0.3, -0.25) is 4.90 Å². The third kappa shape index (κ3) is 2.85. The van der Waals surface area contributed by atoms with Crippen molar-refractivity contribution in [2.45, 2.75) is 4.90 Å². The molecule has 3 aliphatic heterocycles. The largest absolute Gasteiger partial charge is 0.611 e. The molecule has 1 aromatic carbocycles. The highest BCUT2D eigenvalue weighted by Gasteiger charge is 2.54. The maximum absolute atomic E-state index is 13.0. The second-order valence-electron chi connectivity index (χ2n) is 7.50. The molecular formula is C19H19ClN4O2S. The lowest BCUT2D eigenvalue weighted by molar-refractivity contribution is 0.00969. The van der Waals surface area contributed by atoms with Gasteiger partial charge < -0.3 is 14.4 Å². The summed E-state index contributed by atoms with van der Waals surface area (Å²) in [5, 5.41) is 0.545. The monoisotopic (exact) mass is 402 g/mol. The zero-order valence-corrected chi connectivity index (χ0v) is 16.2. The highest BCUT2D eigenvalue weighted by Crippen LogP contribution is 2.42. The number of fused-ring (bicyclic) bond motifs is 1. The fraction of sp³-hybridized carbons (Fsp3) is 0.368. The van der Waals surface area contributed by atoms with Crippen LogP contribution in [0, 0.1) is 5.41 Å². The summed E-state index contributed by atoms with van der Waals surface area (Å²) in [6.07, 6.45) is 1.81. The number of urea groups is 1. The van der Waals surface area contributed by atoms with E-state index in [0.717, 1.165) is 37.7 Å². The van der Waals surface area contributed by atoms with Crippen molar-refractivity contribution in [3.63, 3.8) is 0 Å². The van der Waals surface area contributed by atoms with Crippen molar-refractivity contribution in [1.82, 2.24) is 9.88 Å². The Kier molecular flexibility index (Phi) is 4.00. The molecule has 2 saturated heterocycles. The van der Waals surface area contributed by atoms with Crippen molar-refractivity contribution in [2.24, 2.45) is 5.41 Å². The molecule has 1 unspecified atom stereocenters. The van der Waals surface area contributed by atoms with Crippen LogP contribution in [0.15, 0.2) is 47.5 Å². The molecule has 2 fully saturated rings. The van der Waals surface area contributed by atoms with Crippen molar-refractivity contribution < 1.29 is 9.35 Å². The molecule has 1 aromatic heterocycles. The fourth-order valence-electron chi connectivity index (χ4n) is 4.23. The molecule has 2 amide bonds. The Morgan fingerprint density at radius 1 is 1.19 bits per heavy atom. The number of anilines is 2. The van der Waals surface area contributed by atoms with Crippen LogP contribution in [0.5, 0.6) is 0 Å². The number of benzene rings is 1. The summed E-state index contributed by atoms with van der Waals surface area (Å²) in [7, 11) is 0. The van der Waals surface area contributed by atoms with Gasteiger partial charge in [0, 0.05) is 48.9 Å². The highest BCUT2D eigenvalue weighted by molar-refractivity contribution is 7.91. The van der Waals surface area contributed by atoms with Gasteiger partial charge in [0.1, 0.15) is 17.3 Å². The molecule has 0 radical (unpaired) electrons. The maximum atomic E-state index is 13.0. The maximum Gasteiger partial charge on any atom is 0.324 e.